The fourth-order valence-electron chi connectivity index (χ4n) is 4.81. The molecule has 0 saturated carbocycles. The second-order valence-corrected chi connectivity index (χ2v) is 10.1. The molecule has 234 valence electrons. The van der Waals surface area contributed by atoms with Crippen LogP contribution >= 0.6 is 0 Å². The topological polar surface area (TPSA) is 269 Å². The molecule has 0 amide bonds. The lowest BCUT2D eigenvalue weighted by Crippen LogP contribution is -2.60. The summed E-state index contributed by atoms with van der Waals surface area (Å²) in [6, 6.07) is 7.59. The third-order valence-corrected chi connectivity index (χ3v) is 7.24. The normalized spacial score (nSPS) is 32.9. The third kappa shape index (κ3) is 5.73. The van der Waals surface area contributed by atoms with Crippen molar-refractivity contribution in [2.24, 2.45) is 0 Å². The summed E-state index contributed by atoms with van der Waals surface area (Å²) >= 11 is 0. The van der Waals surface area contributed by atoms with Gasteiger partial charge in [-0.05, 0) is 24.3 Å². The van der Waals surface area contributed by atoms with E-state index < -0.39 is 96.9 Å². The van der Waals surface area contributed by atoms with Gasteiger partial charge in [0.05, 0.1) is 13.2 Å². The number of hydrogen-bond acceptors (Lipinski definition) is 16. The van der Waals surface area contributed by atoms with Crippen LogP contribution in [0.4, 0.5) is 0 Å². The molecule has 0 aliphatic carbocycles. The van der Waals surface area contributed by atoms with E-state index in [4.69, 9.17) is 23.4 Å². The number of phenolic OH excluding ortho intramolecular Hbond substituents is 1. The van der Waals surface area contributed by atoms with Gasteiger partial charge in [0.1, 0.15) is 77.0 Å². The van der Waals surface area contributed by atoms with Gasteiger partial charge in [0.25, 0.3) is 0 Å². The van der Waals surface area contributed by atoms with Gasteiger partial charge in [-0.3, -0.25) is 4.79 Å². The number of phenols is 1. The van der Waals surface area contributed by atoms with E-state index in [1.54, 1.807) is 0 Å². The molecule has 3 aromatic rings. The van der Waals surface area contributed by atoms with Crippen LogP contribution in [-0.2, 0) is 9.47 Å². The maximum absolute atomic E-state index is 12.9. The van der Waals surface area contributed by atoms with Gasteiger partial charge < -0.3 is 74.4 Å². The minimum Gasteiger partial charge on any atom is -0.507 e. The molecule has 0 unspecified atom stereocenters. The van der Waals surface area contributed by atoms with Crippen LogP contribution in [-0.4, -0.2) is 126 Å². The summed E-state index contributed by atoms with van der Waals surface area (Å²) in [5, 5.41) is 99.7. The molecule has 1 aromatic heterocycles. The fourth-order valence-corrected chi connectivity index (χ4v) is 4.81. The van der Waals surface area contributed by atoms with Crippen LogP contribution in [0.5, 0.6) is 23.0 Å². The first-order chi connectivity index (χ1) is 20.4. The molecule has 43 heavy (non-hydrogen) atoms. The summed E-state index contributed by atoms with van der Waals surface area (Å²) in [5.74, 6) is -1.91. The Kier molecular flexibility index (Phi) is 8.77. The van der Waals surface area contributed by atoms with Gasteiger partial charge in [-0.25, -0.2) is 0 Å². The van der Waals surface area contributed by atoms with Crippen molar-refractivity contribution in [2.45, 2.75) is 61.4 Å². The lowest BCUT2D eigenvalue weighted by molar-refractivity contribution is -0.277. The van der Waals surface area contributed by atoms with Crippen LogP contribution < -0.4 is 14.9 Å². The van der Waals surface area contributed by atoms with Crippen LogP contribution in [0.1, 0.15) is 0 Å². The summed E-state index contributed by atoms with van der Waals surface area (Å²) in [7, 11) is 0. The molecule has 3 heterocycles. The van der Waals surface area contributed by atoms with Crippen LogP contribution in [0.3, 0.4) is 0 Å². The van der Waals surface area contributed by atoms with Gasteiger partial charge in [-0.2, -0.15) is 0 Å². The number of rotatable bonds is 7. The Morgan fingerprint density at radius 3 is 1.70 bits per heavy atom. The van der Waals surface area contributed by atoms with E-state index in [-0.39, 0.29) is 28.4 Å². The number of fused-ring (bicyclic) bond motifs is 1. The van der Waals surface area contributed by atoms with Gasteiger partial charge in [-0.15, -0.1) is 0 Å². The monoisotopic (exact) mass is 610 g/mol. The molecule has 2 aliphatic heterocycles. The Bertz CT molecular complexity index is 1490. The summed E-state index contributed by atoms with van der Waals surface area (Å²) in [6.45, 7) is -1.34. The summed E-state index contributed by atoms with van der Waals surface area (Å²) in [4.78, 5) is 12.9. The van der Waals surface area contributed by atoms with Crippen molar-refractivity contribution in [1.82, 2.24) is 0 Å². The van der Waals surface area contributed by atoms with E-state index in [9.17, 15) is 55.9 Å². The molecule has 0 radical (unpaired) electrons. The van der Waals surface area contributed by atoms with Gasteiger partial charge in [-0.1, -0.05) is 0 Å². The minimum absolute atomic E-state index is 0.101. The first-order valence-electron chi connectivity index (χ1n) is 13.0. The van der Waals surface area contributed by atoms with E-state index in [1.807, 2.05) is 0 Å². The highest BCUT2D eigenvalue weighted by molar-refractivity contribution is 5.88. The zero-order valence-electron chi connectivity index (χ0n) is 22.1. The van der Waals surface area contributed by atoms with Crippen molar-refractivity contribution >= 4 is 11.0 Å². The summed E-state index contributed by atoms with van der Waals surface area (Å²) < 4.78 is 27.4. The largest absolute Gasteiger partial charge is 0.507 e. The number of benzene rings is 2. The Hall–Kier alpha value is -3.55. The first kappa shape index (κ1) is 30.9. The number of aromatic hydroxyl groups is 2. The minimum atomic E-state index is -1.75. The van der Waals surface area contributed by atoms with Crippen molar-refractivity contribution in [2.75, 3.05) is 13.2 Å². The first-order valence-corrected chi connectivity index (χ1v) is 13.0. The molecule has 16 heteroatoms. The smallest absolute Gasteiger partial charge is 0.238 e. The lowest BCUT2D eigenvalue weighted by atomic mass is 9.99. The standard InChI is InChI=1S/C27H30O16/c28-7-14-17(31)20(34)23(37)26(42-14)39-10-3-1-9(2-4-10)25-22(36)19(33)16-12(30)5-11(6-13(16)41-25)40-27-24(38)21(35)18(32)15(8-29)43-27/h1-6,14-15,17-18,20-21,23-24,26-32,34-38H,7-8H2/t14-,15+,17+,18+,20-,21-,23+,24+,26+,27+/m0/s1. The van der Waals surface area contributed by atoms with Gasteiger partial charge in [0, 0.05) is 17.7 Å². The maximum Gasteiger partial charge on any atom is 0.238 e. The Morgan fingerprint density at radius 1 is 0.674 bits per heavy atom. The van der Waals surface area contributed by atoms with E-state index in [0.717, 1.165) is 12.1 Å². The average Bonchev–Trinajstić information content (AvgIpc) is 2.99. The van der Waals surface area contributed by atoms with Crippen LogP contribution in [0.15, 0.2) is 45.6 Å². The Labute approximate surface area is 241 Å². The van der Waals surface area contributed by atoms with E-state index in [0.29, 0.717) is 0 Å². The van der Waals surface area contributed by atoms with Crippen LogP contribution in [0.2, 0.25) is 0 Å². The van der Waals surface area contributed by atoms with Gasteiger partial charge in [0.2, 0.25) is 23.8 Å². The summed E-state index contributed by atoms with van der Waals surface area (Å²) in [5.41, 5.74) is -1.08. The molecule has 2 aliphatic rings. The van der Waals surface area contributed by atoms with Crippen molar-refractivity contribution in [3.8, 4) is 34.3 Å². The average molecular weight is 611 g/mol. The molecule has 2 saturated heterocycles. The third-order valence-electron chi connectivity index (χ3n) is 7.24. The zero-order chi connectivity index (χ0) is 31.2. The second kappa shape index (κ2) is 12.2. The molecule has 0 spiro atoms. The number of hydrogen-bond donors (Lipinski definition) is 10. The van der Waals surface area contributed by atoms with Crippen molar-refractivity contribution in [3.63, 3.8) is 0 Å². The maximum atomic E-state index is 12.9. The van der Waals surface area contributed by atoms with E-state index in [2.05, 4.69) is 0 Å². The Balaban J connectivity index is 1.41. The predicted octanol–water partition coefficient (Wildman–Crippen LogP) is -2.77. The number of aliphatic hydroxyl groups excluding tert-OH is 8. The number of ether oxygens (including phenoxy) is 4. The highest BCUT2D eigenvalue weighted by Gasteiger charge is 2.46. The van der Waals surface area contributed by atoms with Crippen LogP contribution in [0, 0.1) is 0 Å². The fraction of sp³-hybridized carbons (Fsp3) is 0.444. The highest BCUT2D eigenvalue weighted by atomic mass is 16.7. The lowest BCUT2D eigenvalue weighted by Gasteiger charge is -2.39. The molecule has 0 bridgehead atoms. The number of aliphatic hydroxyl groups is 8. The zero-order valence-corrected chi connectivity index (χ0v) is 22.1. The second-order valence-electron chi connectivity index (χ2n) is 10.1. The predicted molar refractivity (Wildman–Crippen MR) is 140 cm³/mol. The Morgan fingerprint density at radius 2 is 1.19 bits per heavy atom. The molecular formula is C27H30O16. The molecular weight excluding hydrogens is 580 g/mol. The molecule has 10 atom stereocenters. The van der Waals surface area contributed by atoms with Crippen molar-refractivity contribution < 1.29 is 74.4 Å². The van der Waals surface area contributed by atoms with Crippen LogP contribution in [0.25, 0.3) is 22.3 Å². The van der Waals surface area contributed by atoms with E-state index >= 15 is 0 Å². The molecule has 16 nitrogen and oxygen atoms in total. The quantitative estimate of drug-likeness (QED) is 0.130. The van der Waals surface area contributed by atoms with Gasteiger partial charge >= 0.3 is 0 Å². The molecule has 10 N–H and O–H groups in total. The van der Waals surface area contributed by atoms with E-state index in [1.165, 1.54) is 24.3 Å². The molecule has 2 fully saturated rings. The SMILES string of the molecule is O=c1c(O)c(-c2ccc(O[C@@H]3O[C@@H](CO)[C@@H](O)[C@H](O)[C@H]3O)cc2)oc2cc(O[C@@H]3O[C@H](CO)[C@@H](O)[C@H](O)[C@H]3O)cc(O)c12. The van der Waals surface area contributed by atoms with Gasteiger partial charge in [0.15, 0.2) is 5.76 Å². The molecule has 2 aromatic carbocycles. The molecule has 5 rings (SSSR count). The summed E-state index contributed by atoms with van der Waals surface area (Å²) in [6.07, 6.45) is -15.4. The van der Waals surface area contributed by atoms with Crippen molar-refractivity contribution in [3.05, 3.63) is 46.6 Å². The van der Waals surface area contributed by atoms with Crippen molar-refractivity contribution in [1.29, 1.82) is 0 Å². The highest BCUT2D eigenvalue weighted by Crippen LogP contribution is 2.37.